The standard InChI is InChI=1S/C14H20N2/c1-11-3-4-12(8-15)7-13(11)16-9-14(10-16)5-2-6-14/h3-4,7H,2,5-6,8-10,15H2,1H3. The Bertz CT molecular complexity index is 399. The fourth-order valence-corrected chi connectivity index (χ4v) is 3.05. The highest BCUT2D eigenvalue weighted by molar-refractivity contribution is 5.57. The zero-order valence-electron chi connectivity index (χ0n) is 10.00. The summed E-state index contributed by atoms with van der Waals surface area (Å²) in [4.78, 5) is 2.52. The van der Waals surface area contributed by atoms with Crippen molar-refractivity contribution >= 4 is 5.69 Å². The van der Waals surface area contributed by atoms with Gasteiger partial charge in [0.25, 0.3) is 0 Å². The van der Waals surface area contributed by atoms with Crippen LogP contribution in [-0.4, -0.2) is 13.1 Å². The topological polar surface area (TPSA) is 29.3 Å². The second kappa shape index (κ2) is 3.49. The van der Waals surface area contributed by atoms with Gasteiger partial charge in [-0.25, -0.2) is 0 Å². The molecule has 0 radical (unpaired) electrons. The van der Waals surface area contributed by atoms with Crippen molar-refractivity contribution in [1.82, 2.24) is 0 Å². The summed E-state index contributed by atoms with van der Waals surface area (Å²) in [5, 5.41) is 0. The third-order valence-corrected chi connectivity index (χ3v) is 4.32. The van der Waals surface area contributed by atoms with E-state index in [2.05, 4.69) is 30.0 Å². The van der Waals surface area contributed by atoms with Crippen molar-refractivity contribution < 1.29 is 0 Å². The van der Waals surface area contributed by atoms with E-state index >= 15 is 0 Å². The zero-order chi connectivity index (χ0) is 11.2. The first-order chi connectivity index (χ1) is 7.72. The van der Waals surface area contributed by atoms with E-state index in [9.17, 15) is 0 Å². The van der Waals surface area contributed by atoms with Crippen LogP contribution in [0.1, 0.15) is 30.4 Å². The average molecular weight is 216 g/mol. The van der Waals surface area contributed by atoms with E-state index in [1.54, 1.807) is 0 Å². The third-order valence-electron chi connectivity index (χ3n) is 4.32. The van der Waals surface area contributed by atoms with Crippen LogP contribution in [-0.2, 0) is 6.54 Å². The van der Waals surface area contributed by atoms with Crippen LogP contribution < -0.4 is 10.6 Å². The first-order valence-corrected chi connectivity index (χ1v) is 6.27. The fraction of sp³-hybridized carbons (Fsp3) is 0.571. The van der Waals surface area contributed by atoms with Gasteiger partial charge in [0.15, 0.2) is 0 Å². The Balaban J connectivity index is 1.79. The van der Waals surface area contributed by atoms with Crippen LogP contribution in [0.3, 0.4) is 0 Å². The third kappa shape index (κ3) is 1.44. The summed E-state index contributed by atoms with van der Waals surface area (Å²) in [7, 11) is 0. The molecule has 1 saturated heterocycles. The smallest absolute Gasteiger partial charge is 0.0399 e. The van der Waals surface area contributed by atoms with Crippen molar-refractivity contribution in [2.45, 2.75) is 32.7 Å². The Hall–Kier alpha value is -1.02. The van der Waals surface area contributed by atoms with E-state index in [4.69, 9.17) is 5.73 Å². The van der Waals surface area contributed by atoms with Crippen molar-refractivity contribution in [2.75, 3.05) is 18.0 Å². The minimum atomic E-state index is 0.645. The summed E-state index contributed by atoms with van der Waals surface area (Å²) >= 11 is 0. The van der Waals surface area contributed by atoms with Crippen molar-refractivity contribution in [1.29, 1.82) is 0 Å². The molecule has 1 aliphatic carbocycles. The van der Waals surface area contributed by atoms with Gasteiger partial charge in [0, 0.05) is 30.7 Å². The predicted molar refractivity (Wildman–Crippen MR) is 67.6 cm³/mol. The SMILES string of the molecule is Cc1ccc(CN)cc1N1CC2(CCC2)C1. The maximum Gasteiger partial charge on any atom is 0.0399 e. The van der Waals surface area contributed by atoms with E-state index in [0.717, 1.165) is 0 Å². The van der Waals surface area contributed by atoms with Crippen LogP contribution >= 0.6 is 0 Å². The summed E-state index contributed by atoms with van der Waals surface area (Å²) in [6, 6.07) is 6.60. The van der Waals surface area contributed by atoms with Gasteiger partial charge in [0.05, 0.1) is 0 Å². The fourth-order valence-electron chi connectivity index (χ4n) is 3.05. The van der Waals surface area contributed by atoms with Gasteiger partial charge in [0.1, 0.15) is 0 Å². The molecule has 1 aromatic rings. The second-order valence-corrected chi connectivity index (χ2v) is 5.53. The lowest BCUT2D eigenvalue weighted by Crippen LogP contribution is -2.60. The highest BCUT2D eigenvalue weighted by Gasteiger charge is 2.47. The minimum Gasteiger partial charge on any atom is -0.370 e. The van der Waals surface area contributed by atoms with E-state index in [1.165, 1.54) is 49.2 Å². The molecule has 86 valence electrons. The number of nitrogens with two attached hydrogens (primary N) is 1. The zero-order valence-corrected chi connectivity index (χ0v) is 10.00. The summed E-state index contributed by atoms with van der Waals surface area (Å²) in [5.41, 5.74) is 10.4. The molecule has 1 spiro atoms. The maximum absolute atomic E-state index is 5.70. The molecule has 1 heterocycles. The number of aryl methyl sites for hydroxylation is 1. The highest BCUT2D eigenvalue weighted by atomic mass is 15.2. The largest absolute Gasteiger partial charge is 0.370 e. The Kier molecular flexibility index (Phi) is 2.21. The van der Waals surface area contributed by atoms with Crippen LogP contribution in [0.2, 0.25) is 0 Å². The number of nitrogens with zero attached hydrogens (tertiary/aromatic N) is 1. The lowest BCUT2D eigenvalue weighted by molar-refractivity contribution is 0.0903. The van der Waals surface area contributed by atoms with Gasteiger partial charge in [-0.2, -0.15) is 0 Å². The van der Waals surface area contributed by atoms with Gasteiger partial charge in [-0.1, -0.05) is 18.6 Å². The molecule has 1 aliphatic heterocycles. The van der Waals surface area contributed by atoms with Gasteiger partial charge >= 0.3 is 0 Å². The molecule has 16 heavy (non-hydrogen) atoms. The van der Waals surface area contributed by atoms with Crippen molar-refractivity contribution in [3.05, 3.63) is 29.3 Å². The number of anilines is 1. The molecular weight excluding hydrogens is 196 g/mol. The summed E-state index contributed by atoms with van der Waals surface area (Å²) in [6.07, 6.45) is 4.33. The van der Waals surface area contributed by atoms with E-state index < -0.39 is 0 Å². The molecule has 2 fully saturated rings. The minimum absolute atomic E-state index is 0.645. The number of hydrogen-bond donors (Lipinski definition) is 1. The molecule has 2 heteroatoms. The van der Waals surface area contributed by atoms with Gasteiger partial charge in [-0.05, 0) is 37.0 Å². The molecule has 2 N–H and O–H groups in total. The van der Waals surface area contributed by atoms with Crippen LogP contribution in [0.4, 0.5) is 5.69 Å². The van der Waals surface area contributed by atoms with E-state index in [1.807, 2.05) is 0 Å². The predicted octanol–water partition coefficient (Wildman–Crippen LogP) is 2.44. The maximum atomic E-state index is 5.70. The van der Waals surface area contributed by atoms with E-state index in [-0.39, 0.29) is 0 Å². The Morgan fingerprint density at radius 2 is 2.06 bits per heavy atom. The van der Waals surface area contributed by atoms with Gasteiger partial charge < -0.3 is 10.6 Å². The molecule has 1 aromatic carbocycles. The van der Waals surface area contributed by atoms with Crippen molar-refractivity contribution in [3.63, 3.8) is 0 Å². The van der Waals surface area contributed by atoms with Crippen LogP contribution in [0.5, 0.6) is 0 Å². The Labute approximate surface area is 97.4 Å². The quantitative estimate of drug-likeness (QED) is 0.822. The Morgan fingerprint density at radius 3 is 2.62 bits per heavy atom. The molecule has 3 rings (SSSR count). The molecule has 0 unspecified atom stereocenters. The number of benzene rings is 1. The van der Waals surface area contributed by atoms with Gasteiger partial charge in [0.2, 0.25) is 0 Å². The van der Waals surface area contributed by atoms with Crippen LogP contribution in [0.15, 0.2) is 18.2 Å². The van der Waals surface area contributed by atoms with Gasteiger partial charge in [-0.3, -0.25) is 0 Å². The van der Waals surface area contributed by atoms with Crippen LogP contribution in [0.25, 0.3) is 0 Å². The summed E-state index contributed by atoms with van der Waals surface area (Å²) in [6.45, 7) is 5.37. The first-order valence-electron chi connectivity index (χ1n) is 6.27. The monoisotopic (exact) mass is 216 g/mol. The molecule has 0 bridgehead atoms. The number of hydrogen-bond acceptors (Lipinski definition) is 2. The average Bonchev–Trinajstić information content (AvgIpc) is 2.16. The van der Waals surface area contributed by atoms with Crippen molar-refractivity contribution in [3.8, 4) is 0 Å². The molecule has 2 aliphatic rings. The normalized spacial score (nSPS) is 21.8. The molecule has 2 nitrogen and oxygen atoms in total. The van der Waals surface area contributed by atoms with Crippen molar-refractivity contribution in [2.24, 2.45) is 11.1 Å². The molecule has 0 atom stereocenters. The second-order valence-electron chi connectivity index (χ2n) is 5.53. The molecule has 1 saturated carbocycles. The Morgan fingerprint density at radius 1 is 1.31 bits per heavy atom. The highest BCUT2D eigenvalue weighted by Crippen LogP contribution is 2.49. The molecule has 0 amide bonds. The lowest BCUT2D eigenvalue weighted by atomic mass is 9.63. The van der Waals surface area contributed by atoms with Gasteiger partial charge in [-0.15, -0.1) is 0 Å². The summed E-state index contributed by atoms with van der Waals surface area (Å²) < 4.78 is 0. The molecular formula is C14H20N2. The molecule has 0 aromatic heterocycles. The summed E-state index contributed by atoms with van der Waals surface area (Å²) in [5.74, 6) is 0. The first kappa shape index (κ1) is 10.2. The van der Waals surface area contributed by atoms with E-state index in [0.29, 0.717) is 12.0 Å². The number of rotatable bonds is 2. The van der Waals surface area contributed by atoms with Crippen LogP contribution in [0, 0.1) is 12.3 Å². The lowest BCUT2D eigenvalue weighted by Gasteiger charge is -2.57.